The quantitative estimate of drug-likeness (QED) is 0.368. The van der Waals surface area contributed by atoms with Crippen LogP contribution in [0.2, 0.25) is 0 Å². The highest BCUT2D eigenvalue weighted by Gasteiger charge is 2.46. The van der Waals surface area contributed by atoms with Gasteiger partial charge in [0.25, 0.3) is 0 Å². The van der Waals surface area contributed by atoms with Gasteiger partial charge in [-0.2, -0.15) is 0 Å². The molecule has 0 bridgehead atoms. The summed E-state index contributed by atoms with van der Waals surface area (Å²) in [6, 6.07) is 7.79. The maximum absolute atomic E-state index is 11.6. The van der Waals surface area contributed by atoms with Gasteiger partial charge in [-0.25, -0.2) is 4.79 Å². The normalized spacial score (nSPS) is 25.3. The van der Waals surface area contributed by atoms with E-state index in [-0.39, 0.29) is 18.6 Å². The van der Waals surface area contributed by atoms with Crippen LogP contribution in [0.5, 0.6) is 11.6 Å². The first-order chi connectivity index (χ1) is 18.2. The molecule has 1 saturated heterocycles. The minimum atomic E-state index is -1.59. The summed E-state index contributed by atoms with van der Waals surface area (Å²) >= 11 is 0. The number of aliphatic hydroxyl groups is 3. The molecule has 0 radical (unpaired) electrons. The van der Waals surface area contributed by atoms with Crippen molar-refractivity contribution in [2.45, 2.75) is 90.3 Å². The summed E-state index contributed by atoms with van der Waals surface area (Å²) in [5, 5.41) is 36.1. The van der Waals surface area contributed by atoms with Gasteiger partial charge < -0.3 is 39.0 Å². The molecule has 3 N–H and O–H groups in total. The molecule has 2 aromatic rings. The van der Waals surface area contributed by atoms with Crippen molar-refractivity contribution in [3.8, 4) is 11.6 Å². The third-order valence-electron chi connectivity index (χ3n) is 6.62. The van der Waals surface area contributed by atoms with Gasteiger partial charge in [0.05, 0.1) is 12.7 Å². The zero-order chi connectivity index (χ0) is 27.4. The molecule has 0 spiro atoms. The van der Waals surface area contributed by atoms with Crippen molar-refractivity contribution < 1.29 is 43.8 Å². The summed E-state index contributed by atoms with van der Waals surface area (Å²) in [6.45, 7) is 8.04. The molecule has 5 atom stereocenters. The van der Waals surface area contributed by atoms with Crippen molar-refractivity contribution in [2.24, 2.45) is 5.92 Å². The topological polar surface area (TPSA) is 142 Å². The lowest BCUT2D eigenvalue weighted by atomic mass is 9.99. The molecule has 2 heterocycles. The molecular formula is C27H38N2O9. The van der Waals surface area contributed by atoms with Crippen molar-refractivity contribution in [1.29, 1.82) is 0 Å². The maximum atomic E-state index is 11.6. The summed E-state index contributed by atoms with van der Waals surface area (Å²) in [5.41, 5.74) is 2.77. The van der Waals surface area contributed by atoms with Gasteiger partial charge in [0.15, 0.2) is 0 Å². The molecule has 38 heavy (non-hydrogen) atoms. The Morgan fingerprint density at radius 1 is 1.11 bits per heavy atom. The van der Waals surface area contributed by atoms with Gasteiger partial charge in [-0.15, -0.1) is 5.10 Å². The standard InChI is InChI=1S/C27H38N2O9/c1-5-34-27(33)35-14-21-22(30)23(31)24(32)26(37-21)38-25-20(16(4)29(28-25)13-18-6-7-18)12-17-8-10-19(11-9-17)36-15(2)3/h8-11,15,18,21-24,26,30-32H,5-7,12-14H2,1-4H3/t21-,22-,23+,24-,26+/m1/s1. The monoisotopic (exact) mass is 534 g/mol. The number of hydrogen-bond donors (Lipinski definition) is 3. The van der Waals surface area contributed by atoms with E-state index in [0.717, 1.165) is 42.0 Å². The van der Waals surface area contributed by atoms with Crippen molar-refractivity contribution in [3.63, 3.8) is 0 Å². The molecular weight excluding hydrogens is 496 g/mol. The second-order valence-electron chi connectivity index (χ2n) is 10.1. The van der Waals surface area contributed by atoms with Crippen LogP contribution >= 0.6 is 0 Å². The lowest BCUT2D eigenvalue weighted by Crippen LogP contribution is -2.60. The molecule has 2 fully saturated rings. The van der Waals surface area contributed by atoms with E-state index in [1.54, 1.807) is 6.92 Å². The number of aromatic nitrogens is 2. The zero-order valence-corrected chi connectivity index (χ0v) is 22.3. The number of aliphatic hydroxyl groups excluding tert-OH is 3. The van der Waals surface area contributed by atoms with E-state index in [1.165, 1.54) is 0 Å². The second-order valence-corrected chi connectivity index (χ2v) is 10.1. The third kappa shape index (κ3) is 6.96. The molecule has 1 saturated carbocycles. The van der Waals surface area contributed by atoms with Crippen LogP contribution in [-0.2, 0) is 27.2 Å². The Hall–Kier alpha value is -2.86. The second kappa shape index (κ2) is 12.3. The predicted octanol–water partition coefficient (Wildman–Crippen LogP) is 2.34. The molecule has 11 nitrogen and oxygen atoms in total. The number of carbonyl (C=O) groups is 1. The summed E-state index contributed by atoms with van der Waals surface area (Å²) in [6.07, 6.45) is -5.18. The average Bonchev–Trinajstić information content (AvgIpc) is 3.65. The summed E-state index contributed by atoms with van der Waals surface area (Å²) in [4.78, 5) is 11.6. The molecule has 0 unspecified atom stereocenters. The SMILES string of the molecule is CCOC(=O)OC[C@H]1O[C@@H](Oc2nn(CC3CC3)c(C)c2Cc2ccc(OC(C)C)cc2)[C@H](O)[C@@H](O)[C@@H]1O. The van der Waals surface area contributed by atoms with Crippen molar-refractivity contribution in [3.05, 3.63) is 41.1 Å². The number of ether oxygens (including phenoxy) is 5. The Bertz CT molecular complexity index is 1070. The van der Waals surface area contributed by atoms with E-state index in [9.17, 15) is 20.1 Å². The highest BCUT2D eigenvalue weighted by atomic mass is 16.7. The first-order valence-electron chi connectivity index (χ1n) is 13.1. The molecule has 1 aromatic heterocycles. The smallest absolute Gasteiger partial charge is 0.491 e. The highest BCUT2D eigenvalue weighted by Crippen LogP contribution is 2.34. The highest BCUT2D eigenvalue weighted by molar-refractivity contribution is 5.59. The maximum Gasteiger partial charge on any atom is 0.508 e. The van der Waals surface area contributed by atoms with Crippen LogP contribution in [0.3, 0.4) is 0 Å². The first-order valence-corrected chi connectivity index (χ1v) is 13.1. The molecule has 1 aliphatic heterocycles. The summed E-state index contributed by atoms with van der Waals surface area (Å²) in [7, 11) is 0. The number of benzene rings is 1. The van der Waals surface area contributed by atoms with Crippen molar-refractivity contribution in [1.82, 2.24) is 9.78 Å². The van der Waals surface area contributed by atoms with Gasteiger partial charge in [-0.3, -0.25) is 4.68 Å². The van der Waals surface area contributed by atoms with Crippen LogP contribution in [0.1, 0.15) is 50.4 Å². The van der Waals surface area contributed by atoms with E-state index < -0.39 is 43.5 Å². The number of nitrogens with zero attached hydrogens (tertiary/aromatic N) is 2. The van der Waals surface area contributed by atoms with Gasteiger partial charge in [0.1, 0.15) is 36.8 Å². The Kier molecular flexibility index (Phi) is 9.14. The summed E-state index contributed by atoms with van der Waals surface area (Å²) < 4.78 is 29.1. The fourth-order valence-corrected chi connectivity index (χ4v) is 4.31. The van der Waals surface area contributed by atoms with Gasteiger partial charge in [0.2, 0.25) is 12.2 Å². The molecule has 4 rings (SSSR count). The Balaban J connectivity index is 1.53. The van der Waals surface area contributed by atoms with Crippen molar-refractivity contribution >= 4 is 6.16 Å². The zero-order valence-electron chi connectivity index (χ0n) is 22.3. The average molecular weight is 535 g/mol. The summed E-state index contributed by atoms with van der Waals surface area (Å²) in [5.74, 6) is 1.62. The van der Waals surface area contributed by atoms with Crippen LogP contribution in [-0.4, -0.2) is 81.3 Å². The van der Waals surface area contributed by atoms with Crippen LogP contribution in [0, 0.1) is 12.8 Å². The van der Waals surface area contributed by atoms with Gasteiger partial charge >= 0.3 is 6.16 Å². The van der Waals surface area contributed by atoms with E-state index >= 15 is 0 Å². The first kappa shape index (κ1) is 28.2. The van der Waals surface area contributed by atoms with E-state index in [0.29, 0.717) is 12.3 Å². The Morgan fingerprint density at radius 2 is 1.82 bits per heavy atom. The molecule has 0 amide bonds. The molecule has 11 heteroatoms. The molecule has 2 aliphatic rings. The fraction of sp³-hybridized carbons (Fsp3) is 0.630. The number of carbonyl (C=O) groups excluding carboxylic acids is 1. The predicted molar refractivity (Wildman–Crippen MR) is 135 cm³/mol. The molecule has 1 aliphatic carbocycles. The fourth-order valence-electron chi connectivity index (χ4n) is 4.31. The molecule has 210 valence electrons. The van der Waals surface area contributed by atoms with Gasteiger partial charge in [-0.05, 0) is 64.2 Å². The van der Waals surface area contributed by atoms with Crippen LogP contribution in [0.4, 0.5) is 4.79 Å². The van der Waals surface area contributed by atoms with Gasteiger partial charge in [0, 0.05) is 24.2 Å². The Labute approximate surface area is 222 Å². The van der Waals surface area contributed by atoms with E-state index in [4.69, 9.17) is 23.7 Å². The van der Waals surface area contributed by atoms with E-state index in [1.807, 2.05) is 49.7 Å². The van der Waals surface area contributed by atoms with Crippen molar-refractivity contribution in [2.75, 3.05) is 13.2 Å². The minimum Gasteiger partial charge on any atom is -0.491 e. The Morgan fingerprint density at radius 3 is 2.45 bits per heavy atom. The molecule has 1 aromatic carbocycles. The minimum absolute atomic E-state index is 0.0751. The van der Waals surface area contributed by atoms with E-state index in [2.05, 4.69) is 5.10 Å². The number of hydrogen-bond acceptors (Lipinski definition) is 10. The third-order valence-corrected chi connectivity index (χ3v) is 6.62. The lowest BCUT2D eigenvalue weighted by molar-refractivity contribution is -0.278. The van der Waals surface area contributed by atoms with Crippen LogP contribution in [0.15, 0.2) is 24.3 Å². The van der Waals surface area contributed by atoms with Crippen LogP contribution in [0.25, 0.3) is 0 Å². The number of rotatable bonds is 11. The van der Waals surface area contributed by atoms with Gasteiger partial charge in [-0.1, -0.05) is 12.1 Å². The largest absolute Gasteiger partial charge is 0.508 e. The van der Waals surface area contributed by atoms with Crippen LogP contribution < -0.4 is 9.47 Å². The lowest BCUT2D eigenvalue weighted by Gasteiger charge is -2.39.